The molecule has 1 atom stereocenters. The van der Waals surface area contributed by atoms with Gasteiger partial charge in [0.1, 0.15) is 18.1 Å². The van der Waals surface area contributed by atoms with Gasteiger partial charge in [-0.25, -0.2) is 4.68 Å². The molecular formula is C29H41N5O3. The van der Waals surface area contributed by atoms with Gasteiger partial charge in [-0.2, -0.15) is 0 Å². The zero-order valence-electron chi connectivity index (χ0n) is 23.0. The van der Waals surface area contributed by atoms with E-state index in [9.17, 15) is 9.59 Å². The summed E-state index contributed by atoms with van der Waals surface area (Å²) in [5.74, 6) is -0.0308. The molecule has 3 rings (SSSR count). The van der Waals surface area contributed by atoms with Crippen molar-refractivity contribution in [1.29, 1.82) is 0 Å². The SMILES string of the molecule is CCOCCCN(C(=O)Cn1nnc2ccccc21)[C@H](C(=O)NC(C)(C)CC)c1ccc(C(C)C)cc1. The minimum absolute atomic E-state index is 0.0137. The molecule has 0 radical (unpaired) electrons. The molecule has 37 heavy (non-hydrogen) atoms. The Bertz CT molecular complexity index is 1170. The molecule has 1 heterocycles. The molecule has 0 aliphatic carbocycles. The molecular weight excluding hydrogens is 466 g/mol. The lowest BCUT2D eigenvalue weighted by atomic mass is 9.96. The van der Waals surface area contributed by atoms with Gasteiger partial charge in [0, 0.05) is 25.3 Å². The predicted octanol–water partition coefficient (Wildman–Crippen LogP) is 4.86. The van der Waals surface area contributed by atoms with E-state index in [1.54, 1.807) is 9.58 Å². The largest absolute Gasteiger partial charge is 0.382 e. The van der Waals surface area contributed by atoms with Crippen molar-refractivity contribution in [2.24, 2.45) is 0 Å². The number of hydrogen-bond acceptors (Lipinski definition) is 5. The molecule has 2 aromatic carbocycles. The topological polar surface area (TPSA) is 89.3 Å². The van der Waals surface area contributed by atoms with E-state index in [1.807, 2.05) is 76.2 Å². The quantitative estimate of drug-likeness (QED) is 0.334. The minimum Gasteiger partial charge on any atom is -0.382 e. The molecule has 1 aromatic heterocycles. The van der Waals surface area contributed by atoms with Crippen LogP contribution in [0.1, 0.15) is 77.5 Å². The van der Waals surface area contributed by atoms with Crippen molar-refractivity contribution < 1.29 is 14.3 Å². The molecule has 0 fully saturated rings. The van der Waals surface area contributed by atoms with E-state index < -0.39 is 11.6 Å². The van der Waals surface area contributed by atoms with E-state index in [0.29, 0.717) is 32.1 Å². The normalized spacial score (nSPS) is 12.6. The van der Waals surface area contributed by atoms with Gasteiger partial charge in [0.15, 0.2) is 0 Å². The lowest BCUT2D eigenvalue weighted by Gasteiger charge is -2.34. The van der Waals surface area contributed by atoms with Crippen LogP contribution in [0.25, 0.3) is 11.0 Å². The zero-order chi connectivity index (χ0) is 27.0. The molecule has 1 N–H and O–H groups in total. The number of fused-ring (bicyclic) bond motifs is 1. The summed E-state index contributed by atoms with van der Waals surface area (Å²) in [5.41, 5.74) is 3.05. The molecule has 200 valence electrons. The van der Waals surface area contributed by atoms with Crippen molar-refractivity contribution in [2.45, 2.75) is 78.4 Å². The highest BCUT2D eigenvalue weighted by Gasteiger charge is 2.34. The zero-order valence-corrected chi connectivity index (χ0v) is 23.0. The van der Waals surface area contributed by atoms with Gasteiger partial charge >= 0.3 is 0 Å². The molecule has 0 saturated heterocycles. The summed E-state index contributed by atoms with van der Waals surface area (Å²) in [6.45, 7) is 13.7. The van der Waals surface area contributed by atoms with Crippen molar-refractivity contribution in [3.05, 3.63) is 59.7 Å². The van der Waals surface area contributed by atoms with Crippen molar-refractivity contribution in [3.8, 4) is 0 Å². The second-order valence-corrected chi connectivity index (χ2v) is 10.3. The minimum atomic E-state index is -0.782. The van der Waals surface area contributed by atoms with Crippen LogP contribution in [0.5, 0.6) is 0 Å². The second-order valence-electron chi connectivity index (χ2n) is 10.3. The third kappa shape index (κ3) is 7.38. The van der Waals surface area contributed by atoms with Gasteiger partial charge in [-0.15, -0.1) is 5.10 Å². The van der Waals surface area contributed by atoms with Crippen LogP contribution < -0.4 is 5.32 Å². The van der Waals surface area contributed by atoms with E-state index in [-0.39, 0.29) is 18.4 Å². The first kappa shape index (κ1) is 28.3. The summed E-state index contributed by atoms with van der Waals surface area (Å²) in [4.78, 5) is 29.3. The van der Waals surface area contributed by atoms with Crippen LogP contribution in [0.15, 0.2) is 48.5 Å². The number of nitrogens with one attached hydrogen (secondary N) is 1. The highest BCUT2D eigenvalue weighted by molar-refractivity contribution is 5.89. The summed E-state index contributed by atoms with van der Waals surface area (Å²) in [7, 11) is 0. The van der Waals surface area contributed by atoms with Crippen LogP contribution in [-0.4, -0.2) is 57.0 Å². The summed E-state index contributed by atoms with van der Waals surface area (Å²) >= 11 is 0. The molecule has 8 nitrogen and oxygen atoms in total. The number of rotatable bonds is 13. The predicted molar refractivity (Wildman–Crippen MR) is 146 cm³/mol. The Balaban J connectivity index is 1.99. The number of benzene rings is 2. The van der Waals surface area contributed by atoms with E-state index >= 15 is 0 Å². The first-order valence-electron chi connectivity index (χ1n) is 13.2. The van der Waals surface area contributed by atoms with Crippen molar-refractivity contribution >= 4 is 22.8 Å². The first-order chi connectivity index (χ1) is 17.7. The molecule has 0 saturated carbocycles. The van der Waals surface area contributed by atoms with E-state index in [4.69, 9.17) is 4.74 Å². The van der Waals surface area contributed by atoms with Crippen LogP contribution in [0.2, 0.25) is 0 Å². The Kier molecular flexibility index (Phi) is 9.80. The second kappa shape index (κ2) is 12.8. The van der Waals surface area contributed by atoms with Crippen molar-refractivity contribution in [3.63, 3.8) is 0 Å². The molecule has 0 spiro atoms. The number of nitrogens with zero attached hydrogens (tertiary/aromatic N) is 4. The highest BCUT2D eigenvalue weighted by Crippen LogP contribution is 2.26. The molecule has 0 aliphatic rings. The Hall–Kier alpha value is -3.26. The number of hydrogen-bond donors (Lipinski definition) is 1. The average Bonchev–Trinajstić information content (AvgIpc) is 3.28. The molecule has 8 heteroatoms. The maximum Gasteiger partial charge on any atom is 0.247 e. The van der Waals surface area contributed by atoms with Gasteiger partial charge < -0.3 is 15.0 Å². The van der Waals surface area contributed by atoms with Crippen LogP contribution in [0, 0.1) is 0 Å². The highest BCUT2D eigenvalue weighted by atomic mass is 16.5. The third-order valence-corrected chi connectivity index (χ3v) is 6.74. The summed E-state index contributed by atoms with van der Waals surface area (Å²) in [6.07, 6.45) is 1.38. The number of ether oxygens (including phenoxy) is 1. The number of carbonyl (C=O) groups is 2. The molecule has 3 aromatic rings. The standard InChI is InChI=1S/C29H41N5O3/c1-7-29(5,6)30-28(36)27(23-16-14-22(15-17-23)21(3)4)33(18-11-19-37-8-2)26(35)20-34-25-13-10-9-12-24(25)31-32-34/h9-10,12-17,21,27H,7-8,11,18-20H2,1-6H3,(H,30,36)/t27-/m0/s1. The van der Waals surface area contributed by atoms with Crippen LogP contribution in [0.3, 0.4) is 0 Å². The Morgan fingerprint density at radius 1 is 1.05 bits per heavy atom. The van der Waals surface area contributed by atoms with Gasteiger partial charge in [-0.3, -0.25) is 9.59 Å². The maximum absolute atomic E-state index is 13.9. The fourth-order valence-corrected chi connectivity index (χ4v) is 4.16. The van der Waals surface area contributed by atoms with Crippen molar-refractivity contribution in [1.82, 2.24) is 25.2 Å². The monoisotopic (exact) mass is 507 g/mol. The molecule has 0 aliphatic heterocycles. The lowest BCUT2D eigenvalue weighted by Crippen LogP contribution is -2.51. The fraction of sp³-hybridized carbons (Fsp3) is 0.517. The van der Waals surface area contributed by atoms with Crippen LogP contribution in [0.4, 0.5) is 0 Å². The van der Waals surface area contributed by atoms with E-state index in [1.165, 1.54) is 5.56 Å². The van der Waals surface area contributed by atoms with E-state index in [2.05, 4.69) is 29.5 Å². The first-order valence-corrected chi connectivity index (χ1v) is 13.2. The Morgan fingerprint density at radius 2 is 1.73 bits per heavy atom. The number of para-hydroxylation sites is 1. The number of carbonyl (C=O) groups excluding carboxylic acids is 2. The molecule has 0 unspecified atom stereocenters. The molecule has 2 amide bonds. The van der Waals surface area contributed by atoms with Crippen LogP contribution >= 0.6 is 0 Å². The Morgan fingerprint density at radius 3 is 2.38 bits per heavy atom. The molecule has 0 bridgehead atoms. The summed E-state index contributed by atoms with van der Waals surface area (Å²) in [6, 6.07) is 14.8. The Labute approximate surface area is 220 Å². The van der Waals surface area contributed by atoms with Gasteiger partial charge in [0.2, 0.25) is 11.8 Å². The fourth-order valence-electron chi connectivity index (χ4n) is 4.16. The summed E-state index contributed by atoms with van der Waals surface area (Å²) < 4.78 is 7.14. The number of aromatic nitrogens is 3. The summed E-state index contributed by atoms with van der Waals surface area (Å²) in [5, 5.41) is 11.6. The third-order valence-electron chi connectivity index (χ3n) is 6.74. The number of amides is 2. The average molecular weight is 508 g/mol. The van der Waals surface area contributed by atoms with Gasteiger partial charge in [-0.05, 0) is 62.8 Å². The van der Waals surface area contributed by atoms with Crippen molar-refractivity contribution in [2.75, 3.05) is 19.8 Å². The van der Waals surface area contributed by atoms with Gasteiger partial charge in [-0.1, -0.05) is 62.4 Å². The van der Waals surface area contributed by atoms with Gasteiger partial charge in [0.25, 0.3) is 0 Å². The smallest absolute Gasteiger partial charge is 0.247 e. The van der Waals surface area contributed by atoms with Crippen LogP contribution in [-0.2, 0) is 20.9 Å². The lowest BCUT2D eigenvalue weighted by molar-refractivity contribution is -0.142. The van der Waals surface area contributed by atoms with E-state index in [0.717, 1.165) is 23.0 Å². The van der Waals surface area contributed by atoms with Gasteiger partial charge in [0.05, 0.1) is 5.52 Å². The maximum atomic E-state index is 13.9.